The largest absolute Gasteiger partial charge is 0.348 e. The van der Waals surface area contributed by atoms with Gasteiger partial charge in [0.25, 0.3) is 11.8 Å². The van der Waals surface area contributed by atoms with Crippen molar-refractivity contribution in [2.75, 3.05) is 13.1 Å². The Kier molecular flexibility index (Phi) is 10.0. The first kappa shape index (κ1) is 34.9. The van der Waals surface area contributed by atoms with Crippen molar-refractivity contribution in [3.05, 3.63) is 166 Å². The summed E-state index contributed by atoms with van der Waals surface area (Å²) < 4.78 is 0. The van der Waals surface area contributed by atoms with Crippen LogP contribution in [-0.4, -0.2) is 52.6 Å². The molecule has 8 rings (SSSR count). The van der Waals surface area contributed by atoms with Crippen LogP contribution < -0.4 is 10.6 Å². The van der Waals surface area contributed by atoms with Crippen LogP contribution in [-0.2, 0) is 42.1 Å². The number of fused-ring (bicyclic) bond motifs is 3. The monoisotopic (exact) mass is 714 g/mol. The van der Waals surface area contributed by atoms with Crippen molar-refractivity contribution >= 4 is 45.2 Å². The minimum Gasteiger partial charge on any atom is -0.348 e. The third kappa shape index (κ3) is 7.52. The van der Waals surface area contributed by atoms with Crippen molar-refractivity contribution in [3.8, 4) is 0 Å². The van der Waals surface area contributed by atoms with Crippen molar-refractivity contribution in [2.24, 2.45) is 0 Å². The topological polar surface area (TPSA) is 98.8 Å². The highest BCUT2D eigenvalue weighted by atomic mass is 16.2. The highest BCUT2D eigenvalue weighted by molar-refractivity contribution is 6.06. The number of carbonyl (C=O) groups excluding carboxylic acids is 4. The second-order valence-corrected chi connectivity index (χ2v) is 14.3. The fourth-order valence-corrected chi connectivity index (χ4v) is 7.87. The minimum absolute atomic E-state index is 0.196. The Balaban J connectivity index is 0.911. The van der Waals surface area contributed by atoms with Gasteiger partial charge in [-0.05, 0) is 86.8 Å². The molecule has 2 aliphatic rings. The maximum absolute atomic E-state index is 13.2. The molecular formula is C46H42N4O4. The van der Waals surface area contributed by atoms with Crippen LogP contribution in [0, 0.1) is 0 Å². The van der Waals surface area contributed by atoms with Gasteiger partial charge in [0.1, 0.15) is 6.04 Å². The van der Waals surface area contributed by atoms with Crippen molar-refractivity contribution in [1.29, 1.82) is 0 Å². The van der Waals surface area contributed by atoms with Crippen LogP contribution in [0.5, 0.6) is 0 Å². The van der Waals surface area contributed by atoms with Gasteiger partial charge >= 0.3 is 0 Å². The smallest absolute Gasteiger partial charge is 0.255 e. The average Bonchev–Trinajstić information content (AvgIpc) is 3.53. The number of carbonyl (C=O) groups is 4. The third-order valence-corrected chi connectivity index (χ3v) is 10.8. The third-order valence-electron chi connectivity index (χ3n) is 10.8. The molecule has 8 heteroatoms. The van der Waals surface area contributed by atoms with E-state index in [2.05, 4.69) is 125 Å². The Morgan fingerprint density at radius 3 is 1.98 bits per heavy atom. The molecule has 0 bridgehead atoms. The maximum atomic E-state index is 13.2. The zero-order valence-corrected chi connectivity index (χ0v) is 30.1. The highest BCUT2D eigenvalue weighted by Gasteiger charge is 2.39. The van der Waals surface area contributed by atoms with Crippen LogP contribution in [0.25, 0.3) is 21.5 Å². The van der Waals surface area contributed by atoms with Crippen molar-refractivity contribution < 1.29 is 19.2 Å². The number of nitrogens with zero attached hydrogens (tertiary/aromatic N) is 2. The zero-order chi connectivity index (χ0) is 37.0. The molecule has 6 aromatic carbocycles. The molecule has 0 spiro atoms. The van der Waals surface area contributed by atoms with Crippen molar-refractivity contribution in [1.82, 2.24) is 20.4 Å². The quantitative estimate of drug-likeness (QED) is 0.134. The lowest BCUT2D eigenvalue weighted by molar-refractivity contribution is -0.136. The molecule has 8 nitrogen and oxygen atoms in total. The van der Waals surface area contributed by atoms with Crippen molar-refractivity contribution in [3.63, 3.8) is 0 Å². The minimum atomic E-state index is -0.691. The van der Waals surface area contributed by atoms with Crippen LogP contribution in [0.1, 0.15) is 61.4 Å². The molecule has 4 amide bonds. The molecule has 54 heavy (non-hydrogen) atoms. The molecule has 1 saturated heterocycles. The van der Waals surface area contributed by atoms with Crippen molar-refractivity contribution in [2.45, 2.75) is 51.4 Å². The van der Waals surface area contributed by atoms with E-state index in [1.165, 1.54) is 43.1 Å². The van der Waals surface area contributed by atoms with Gasteiger partial charge in [0.2, 0.25) is 11.8 Å². The molecular weight excluding hydrogens is 673 g/mol. The summed E-state index contributed by atoms with van der Waals surface area (Å²) in [4.78, 5) is 54.3. The number of benzene rings is 6. The Morgan fingerprint density at radius 1 is 0.722 bits per heavy atom. The number of hydrogen-bond donors (Lipinski definition) is 2. The fourth-order valence-electron chi connectivity index (χ4n) is 7.87. The van der Waals surface area contributed by atoms with Crippen LogP contribution >= 0.6 is 0 Å². The first-order valence-electron chi connectivity index (χ1n) is 18.7. The summed E-state index contributed by atoms with van der Waals surface area (Å²) in [5.41, 5.74) is 6.56. The summed E-state index contributed by atoms with van der Waals surface area (Å²) in [5, 5.41) is 10.5. The standard InChI is InChI=1S/C46H42N4O4/c51-43-22-21-42(45(53)48-43)50-30-38-27-37(19-20-41(38)46(50)54)44(52)47-28-31-15-17-32(18-16-31)29-49(25-23-35-11-5-9-33-7-1-3-13-39(33)35)26-24-36-12-6-10-34-8-2-4-14-40(34)36/h1-20,27,42H,21-26,28-30H2,(H,47,52)(H,48,51,53). The number of imide groups is 1. The zero-order valence-electron chi connectivity index (χ0n) is 30.1. The van der Waals surface area contributed by atoms with E-state index in [0.29, 0.717) is 29.7 Å². The van der Waals surface area contributed by atoms with E-state index in [1.807, 2.05) is 0 Å². The summed E-state index contributed by atoms with van der Waals surface area (Å²) in [7, 11) is 0. The van der Waals surface area contributed by atoms with Crippen LogP contribution in [0.2, 0.25) is 0 Å². The SMILES string of the molecule is O=C1CCC(N2Cc3cc(C(=O)NCc4ccc(CN(CCc5cccc6ccccc56)CCc5cccc6ccccc56)cc4)ccc3C2=O)C(=O)N1. The normalized spacial score (nSPS) is 15.5. The molecule has 1 atom stereocenters. The summed E-state index contributed by atoms with van der Waals surface area (Å²) in [5.74, 6) is -1.27. The summed E-state index contributed by atoms with van der Waals surface area (Å²) >= 11 is 0. The van der Waals surface area contributed by atoms with Gasteiger partial charge in [0.05, 0.1) is 0 Å². The first-order chi connectivity index (χ1) is 26.4. The molecule has 0 radical (unpaired) electrons. The van der Waals surface area contributed by atoms with E-state index in [0.717, 1.165) is 38.0 Å². The van der Waals surface area contributed by atoms with E-state index in [9.17, 15) is 19.2 Å². The van der Waals surface area contributed by atoms with E-state index in [4.69, 9.17) is 0 Å². The van der Waals surface area contributed by atoms with Crippen LogP contribution in [0.4, 0.5) is 0 Å². The molecule has 1 fully saturated rings. The number of rotatable bonds is 12. The molecule has 6 aromatic rings. The Labute approximate surface area is 314 Å². The molecule has 270 valence electrons. The van der Waals surface area contributed by atoms with Crippen LogP contribution in [0.15, 0.2) is 127 Å². The number of piperidine rings is 1. The van der Waals surface area contributed by atoms with Gasteiger partial charge in [-0.25, -0.2) is 0 Å². The second-order valence-electron chi connectivity index (χ2n) is 14.3. The molecule has 2 aliphatic heterocycles. The van der Waals surface area contributed by atoms with Gasteiger partial charge in [0.15, 0.2) is 0 Å². The van der Waals surface area contributed by atoms with Gasteiger partial charge in [-0.15, -0.1) is 0 Å². The first-order valence-corrected chi connectivity index (χ1v) is 18.7. The van der Waals surface area contributed by atoms with Gasteiger partial charge in [-0.1, -0.05) is 109 Å². The Hall–Kier alpha value is -6.12. The predicted octanol–water partition coefficient (Wildman–Crippen LogP) is 6.97. The fraction of sp³-hybridized carbons (Fsp3) is 0.217. The van der Waals surface area contributed by atoms with E-state index in [-0.39, 0.29) is 30.7 Å². The van der Waals surface area contributed by atoms with Gasteiger partial charge in [-0.2, -0.15) is 0 Å². The molecule has 0 aliphatic carbocycles. The number of amides is 4. The average molecular weight is 715 g/mol. The number of hydrogen-bond acceptors (Lipinski definition) is 5. The second kappa shape index (κ2) is 15.5. The molecule has 0 saturated carbocycles. The van der Waals surface area contributed by atoms with Gasteiger partial charge < -0.3 is 10.2 Å². The predicted molar refractivity (Wildman–Crippen MR) is 211 cm³/mol. The Bertz CT molecular complexity index is 2290. The maximum Gasteiger partial charge on any atom is 0.255 e. The lowest BCUT2D eigenvalue weighted by Crippen LogP contribution is -2.52. The number of nitrogens with one attached hydrogen (secondary N) is 2. The lowest BCUT2D eigenvalue weighted by atomic mass is 10.0. The summed E-state index contributed by atoms with van der Waals surface area (Å²) in [6.07, 6.45) is 2.39. The Morgan fingerprint density at radius 2 is 1.33 bits per heavy atom. The van der Waals surface area contributed by atoms with E-state index in [1.54, 1.807) is 18.2 Å². The van der Waals surface area contributed by atoms with Crippen LogP contribution in [0.3, 0.4) is 0 Å². The van der Waals surface area contributed by atoms with Gasteiger partial charge in [-0.3, -0.25) is 29.4 Å². The summed E-state index contributed by atoms with van der Waals surface area (Å²) in [6, 6.07) is 43.1. The highest BCUT2D eigenvalue weighted by Crippen LogP contribution is 2.28. The molecule has 2 heterocycles. The van der Waals surface area contributed by atoms with E-state index < -0.39 is 11.9 Å². The van der Waals surface area contributed by atoms with Gasteiger partial charge in [0, 0.05) is 50.3 Å². The lowest BCUT2D eigenvalue weighted by Gasteiger charge is -2.29. The molecule has 0 aromatic heterocycles. The van der Waals surface area contributed by atoms with E-state index >= 15 is 0 Å². The summed E-state index contributed by atoms with van der Waals surface area (Å²) in [6.45, 7) is 3.25. The molecule has 1 unspecified atom stereocenters. The molecule has 2 N–H and O–H groups in total.